The normalized spacial score (nSPS) is 16.9. The first kappa shape index (κ1) is 29.3. The summed E-state index contributed by atoms with van der Waals surface area (Å²) < 4.78 is 4.94. The Morgan fingerprint density at radius 3 is 1.95 bits per heavy atom. The van der Waals surface area contributed by atoms with Crippen LogP contribution in [0.25, 0.3) is 0 Å². The van der Waals surface area contributed by atoms with Crippen molar-refractivity contribution in [3.05, 3.63) is 48.5 Å². The fraction of sp³-hybridized carbons (Fsp3) is 0.400. The number of benzene rings is 2. The summed E-state index contributed by atoms with van der Waals surface area (Å²) in [4.78, 5) is 81.4. The Hall–Kier alpha value is -4.19. The van der Waals surface area contributed by atoms with Crippen molar-refractivity contribution in [2.24, 2.45) is 11.8 Å². The van der Waals surface area contributed by atoms with E-state index in [-0.39, 0.29) is 54.8 Å². The number of nitrogens with zero attached hydrogens (tertiary/aromatic N) is 2. The SMILES string of the molecule is CCOC(=O)CSc1cccc(NC(=O)NC2C(=O)N(CC(=O)C3CC3)c3ccccc3N(CC(=O)C3CC3)C2=O)c1. The van der Waals surface area contributed by atoms with Gasteiger partial charge in [0.25, 0.3) is 11.8 Å². The summed E-state index contributed by atoms with van der Waals surface area (Å²) in [6.07, 6.45) is 3.02. The molecule has 11 nitrogen and oxygen atoms in total. The second-order valence-electron chi connectivity index (χ2n) is 10.5. The Kier molecular flexibility index (Phi) is 8.91. The molecule has 1 heterocycles. The van der Waals surface area contributed by atoms with Crippen LogP contribution in [0, 0.1) is 11.8 Å². The summed E-state index contributed by atoms with van der Waals surface area (Å²) >= 11 is 1.24. The standard InChI is InChI=1S/C30H32N4O7S/c1-2-41-26(37)17-42-21-7-5-6-20(14-21)31-30(40)32-27-28(38)33(15-24(35)18-10-11-18)22-8-3-4-9-23(22)34(29(27)39)16-25(36)19-12-13-19/h3-9,14,18-19,27H,2,10-13,15-17H2,1H3,(H2,31,32,40). The highest BCUT2D eigenvalue weighted by Gasteiger charge is 2.44. The minimum Gasteiger partial charge on any atom is -0.465 e. The maximum Gasteiger partial charge on any atom is 0.320 e. The van der Waals surface area contributed by atoms with Crippen molar-refractivity contribution in [2.45, 2.75) is 43.5 Å². The van der Waals surface area contributed by atoms with Gasteiger partial charge in [0.1, 0.15) is 0 Å². The molecular weight excluding hydrogens is 560 g/mol. The lowest BCUT2D eigenvalue weighted by Gasteiger charge is -2.24. The Morgan fingerprint density at radius 2 is 1.43 bits per heavy atom. The molecule has 5 rings (SSSR count). The smallest absolute Gasteiger partial charge is 0.320 e. The van der Waals surface area contributed by atoms with Gasteiger partial charge in [0.15, 0.2) is 17.6 Å². The monoisotopic (exact) mass is 592 g/mol. The number of urea groups is 1. The van der Waals surface area contributed by atoms with E-state index in [0.29, 0.717) is 22.0 Å². The number of carbonyl (C=O) groups is 6. The van der Waals surface area contributed by atoms with E-state index in [4.69, 9.17) is 4.74 Å². The van der Waals surface area contributed by atoms with Crippen LogP contribution in [0.4, 0.5) is 21.9 Å². The molecule has 0 bridgehead atoms. The van der Waals surface area contributed by atoms with Gasteiger partial charge < -0.3 is 25.2 Å². The fourth-order valence-electron chi connectivity index (χ4n) is 4.71. The summed E-state index contributed by atoms with van der Waals surface area (Å²) in [5.74, 6) is -2.25. The molecule has 0 aromatic heterocycles. The molecule has 2 aromatic rings. The number of hydrogen-bond acceptors (Lipinski definition) is 8. The number of thioether (sulfide) groups is 1. The summed E-state index contributed by atoms with van der Waals surface area (Å²) in [7, 11) is 0. The molecule has 0 saturated heterocycles. The topological polar surface area (TPSA) is 142 Å². The summed E-state index contributed by atoms with van der Waals surface area (Å²) in [5.41, 5.74) is 1.05. The predicted molar refractivity (Wildman–Crippen MR) is 156 cm³/mol. The molecule has 0 atom stereocenters. The lowest BCUT2D eigenvalue weighted by Crippen LogP contribution is -2.57. The van der Waals surface area contributed by atoms with Crippen LogP contribution in [0.3, 0.4) is 0 Å². The number of hydrogen-bond donors (Lipinski definition) is 2. The number of esters is 1. The quantitative estimate of drug-likeness (QED) is 0.218. The number of anilines is 3. The number of ether oxygens (including phenoxy) is 1. The molecule has 3 aliphatic rings. The first-order valence-corrected chi connectivity index (χ1v) is 15.0. The number of rotatable bonds is 12. The van der Waals surface area contributed by atoms with E-state index < -0.39 is 23.9 Å². The van der Waals surface area contributed by atoms with Crippen LogP contribution in [0.15, 0.2) is 53.4 Å². The van der Waals surface area contributed by atoms with Crippen LogP contribution in [0.1, 0.15) is 32.6 Å². The van der Waals surface area contributed by atoms with E-state index >= 15 is 0 Å². The van der Waals surface area contributed by atoms with Crippen LogP contribution >= 0.6 is 11.8 Å². The Labute approximate surface area is 247 Å². The third kappa shape index (κ3) is 6.99. The van der Waals surface area contributed by atoms with Crippen LogP contribution in [0.5, 0.6) is 0 Å². The molecule has 2 aliphatic carbocycles. The number of Topliss-reactive ketones (excluding diaryl/α,β-unsaturated/α-hetero) is 2. The highest BCUT2D eigenvalue weighted by atomic mass is 32.2. The van der Waals surface area contributed by atoms with Crippen molar-refractivity contribution < 1.29 is 33.5 Å². The zero-order valence-electron chi connectivity index (χ0n) is 23.2. The molecule has 0 spiro atoms. The van der Waals surface area contributed by atoms with Gasteiger partial charge >= 0.3 is 12.0 Å². The van der Waals surface area contributed by atoms with Crippen molar-refractivity contribution in [1.29, 1.82) is 0 Å². The van der Waals surface area contributed by atoms with Crippen LogP contribution in [0.2, 0.25) is 0 Å². The number of ketones is 2. The molecule has 2 N–H and O–H groups in total. The zero-order valence-corrected chi connectivity index (χ0v) is 24.0. The molecule has 1 aliphatic heterocycles. The summed E-state index contributed by atoms with van der Waals surface area (Å²) in [6, 6.07) is 10.9. The second-order valence-corrected chi connectivity index (χ2v) is 11.5. The van der Waals surface area contributed by atoms with Gasteiger partial charge in [-0.25, -0.2) is 4.79 Å². The van der Waals surface area contributed by atoms with Gasteiger partial charge in [-0.05, 0) is 62.9 Å². The lowest BCUT2D eigenvalue weighted by atomic mass is 10.2. The number of para-hydroxylation sites is 2. The van der Waals surface area contributed by atoms with Crippen molar-refractivity contribution in [1.82, 2.24) is 5.32 Å². The summed E-state index contributed by atoms with van der Waals surface area (Å²) in [6.45, 7) is 1.53. The van der Waals surface area contributed by atoms with Gasteiger partial charge in [-0.3, -0.25) is 24.0 Å². The minimum absolute atomic E-state index is 0.0972. The van der Waals surface area contributed by atoms with Crippen LogP contribution in [-0.4, -0.2) is 66.9 Å². The van der Waals surface area contributed by atoms with Gasteiger partial charge in [0.05, 0.1) is 36.8 Å². The molecule has 12 heteroatoms. The van der Waals surface area contributed by atoms with Crippen molar-refractivity contribution >= 4 is 64.2 Å². The molecule has 2 fully saturated rings. The van der Waals surface area contributed by atoms with Gasteiger partial charge in [-0.1, -0.05) is 18.2 Å². The van der Waals surface area contributed by atoms with E-state index in [1.54, 1.807) is 55.5 Å². The van der Waals surface area contributed by atoms with E-state index in [0.717, 1.165) is 25.7 Å². The average molecular weight is 593 g/mol. The third-order valence-electron chi connectivity index (χ3n) is 7.21. The third-order valence-corrected chi connectivity index (χ3v) is 8.18. The first-order chi connectivity index (χ1) is 20.2. The Bertz CT molecular complexity index is 1360. The molecule has 2 aromatic carbocycles. The minimum atomic E-state index is -1.67. The molecule has 2 saturated carbocycles. The van der Waals surface area contributed by atoms with Crippen LogP contribution in [-0.2, 0) is 28.7 Å². The maximum atomic E-state index is 13.9. The van der Waals surface area contributed by atoms with Gasteiger partial charge in [-0.2, -0.15) is 0 Å². The first-order valence-electron chi connectivity index (χ1n) is 14.0. The molecule has 4 amide bonds. The molecule has 0 radical (unpaired) electrons. The van der Waals surface area contributed by atoms with Gasteiger partial charge in [0, 0.05) is 22.4 Å². The lowest BCUT2D eigenvalue weighted by molar-refractivity contribution is -0.140. The van der Waals surface area contributed by atoms with E-state index in [1.807, 2.05) is 0 Å². The van der Waals surface area contributed by atoms with Crippen LogP contribution < -0.4 is 20.4 Å². The largest absolute Gasteiger partial charge is 0.465 e. The number of carbonyl (C=O) groups excluding carboxylic acids is 6. The predicted octanol–water partition coefficient (Wildman–Crippen LogP) is 3.17. The highest BCUT2D eigenvalue weighted by molar-refractivity contribution is 8.00. The van der Waals surface area contributed by atoms with Gasteiger partial charge in [0.2, 0.25) is 0 Å². The maximum absolute atomic E-state index is 13.9. The van der Waals surface area contributed by atoms with E-state index in [9.17, 15) is 28.8 Å². The zero-order chi connectivity index (χ0) is 29.8. The summed E-state index contributed by atoms with van der Waals surface area (Å²) in [5, 5.41) is 5.13. The number of nitrogens with one attached hydrogen (secondary N) is 2. The van der Waals surface area contributed by atoms with Gasteiger partial charge in [-0.15, -0.1) is 11.8 Å². The average Bonchev–Trinajstić information content (AvgIpc) is 3.88. The second kappa shape index (κ2) is 12.8. The fourth-order valence-corrected chi connectivity index (χ4v) is 5.47. The van der Waals surface area contributed by atoms with E-state index in [2.05, 4.69) is 10.6 Å². The highest BCUT2D eigenvalue weighted by Crippen LogP contribution is 2.37. The number of amides is 4. The van der Waals surface area contributed by atoms with Crippen molar-refractivity contribution in [3.8, 4) is 0 Å². The Balaban J connectivity index is 1.37. The Morgan fingerprint density at radius 1 is 0.857 bits per heavy atom. The molecule has 0 unspecified atom stereocenters. The number of fused-ring (bicyclic) bond motifs is 1. The molecular formula is C30H32N4O7S. The van der Waals surface area contributed by atoms with Crippen molar-refractivity contribution in [2.75, 3.05) is 40.6 Å². The molecule has 42 heavy (non-hydrogen) atoms. The molecule has 220 valence electrons. The van der Waals surface area contributed by atoms with E-state index in [1.165, 1.54) is 21.6 Å². The van der Waals surface area contributed by atoms with Crippen molar-refractivity contribution in [3.63, 3.8) is 0 Å².